The molecule has 0 fully saturated rings. The summed E-state index contributed by atoms with van der Waals surface area (Å²) in [6, 6.07) is 25.4. The molecule has 4 N–H and O–H groups in total. The Morgan fingerprint density at radius 3 is 1.22 bits per heavy atom. The third kappa shape index (κ3) is 36.3. The van der Waals surface area contributed by atoms with E-state index in [4.69, 9.17) is 43.4 Å². The number of nitrogen functional groups attached to an aromatic ring is 1. The number of nitrogens with one attached hydrogen (secondary N) is 1. The molecule has 2 aromatic carbocycles. The van der Waals surface area contributed by atoms with Gasteiger partial charge in [0.05, 0.1) is 92.1 Å². The molecule has 13 rings (SSSR count). The predicted molar refractivity (Wildman–Crippen MR) is 507 cm³/mol. The van der Waals surface area contributed by atoms with Crippen LogP contribution < -0.4 is 14.8 Å². The number of hydrogen-bond donors (Lipinski definition) is 3. The minimum atomic E-state index is -5.00. The van der Waals surface area contributed by atoms with Crippen molar-refractivity contribution in [3.05, 3.63) is 242 Å². The number of rotatable bonds is 30. The van der Waals surface area contributed by atoms with Gasteiger partial charge in [-0.25, -0.2) is 24.0 Å². The van der Waals surface area contributed by atoms with Gasteiger partial charge < -0.3 is 62.8 Å². The van der Waals surface area contributed by atoms with Gasteiger partial charge in [0.2, 0.25) is 4.67 Å². The topological polar surface area (TPSA) is 454 Å². The molecule has 0 saturated heterocycles. The van der Waals surface area contributed by atoms with Gasteiger partial charge in [-0.3, -0.25) is 38.7 Å². The van der Waals surface area contributed by atoms with E-state index in [0.717, 1.165) is 21.5 Å². The first kappa shape index (κ1) is 121. The monoisotopic (exact) mass is 2220 g/mol. The molecule has 144 heavy (non-hydrogen) atoms. The molecule has 10 aromatic heterocycles. The number of aromatic carboxylic acids is 1. The average Bonchev–Trinajstić information content (AvgIpc) is 1.14. The number of benzene rings is 2. The van der Waals surface area contributed by atoms with Crippen molar-refractivity contribution < 1.29 is 143 Å². The molecule has 0 spiro atoms. The molecule has 1 atom stereocenters. The van der Waals surface area contributed by atoms with E-state index in [1.807, 2.05) is 18.3 Å². The Hall–Kier alpha value is -13.7. The summed E-state index contributed by atoms with van der Waals surface area (Å²) >= 11 is 0.892. The van der Waals surface area contributed by atoms with Gasteiger partial charge >= 0.3 is 191 Å². The van der Waals surface area contributed by atoms with Crippen molar-refractivity contribution in [2.45, 2.75) is 187 Å². The van der Waals surface area contributed by atoms with E-state index >= 15 is 0 Å². The quantitative estimate of drug-likeness (QED) is 0.00940. The Balaban J connectivity index is 0.000000299. The van der Waals surface area contributed by atoms with Gasteiger partial charge in [-0.2, -0.15) is 62.9 Å². The maximum absolute atomic E-state index is 13.4. The van der Waals surface area contributed by atoms with E-state index in [9.17, 15) is 91.0 Å². The van der Waals surface area contributed by atoms with E-state index in [2.05, 4.69) is 130 Å². The third-order valence-corrected chi connectivity index (χ3v) is 36.3. The zero-order valence-corrected chi connectivity index (χ0v) is 85.7. The molecule has 0 bridgehead atoms. The molecule has 1 aliphatic heterocycles. The molecule has 0 saturated carbocycles. The number of carbonyl (C=O) groups is 8. The molecule has 34 nitrogen and oxygen atoms in total. The number of unbranched alkanes of at least 4 members (excludes halogenated alkanes) is 3. The zero-order valence-electron chi connectivity index (χ0n) is 80.5. The fourth-order valence-electron chi connectivity index (χ4n) is 12.9. The SMILES string of the molecule is CCC[CH2][Sn]([CH2]CCC)([CH2]CCC)[c]1ccccn1.CCOC(=O)C(C)C(=O)OCC.CCOC(=O)C1=NOC(=O)C1C.CCOC(=O)c1noc(-c2ccccn2)c1C.CCOC(=O)c1noc(Br)c1C.Cc1c(C(=O)Nc2cnn(Cc3ccc(C(F)(F)F)cc3C(F)(F)F)c2)noc1-c1ccccn1.Cc1c(C(=O)O)noc1-c1ccccn1.Cl.Nc1cnn(Cc2ccc(C(F)(F)F)cc2C(F)(F)F)c1. The van der Waals surface area contributed by atoms with E-state index in [-0.39, 0.29) is 96.3 Å². The molecule has 11 heterocycles. The van der Waals surface area contributed by atoms with Gasteiger partial charge in [-0.05, 0) is 164 Å². The number of aromatic nitrogens is 12. The molecule has 0 aliphatic carbocycles. The minimum Gasteiger partial charge on any atom is -0.476 e. The van der Waals surface area contributed by atoms with Crippen LogP contribution in [0.15, 0.2) is 187 Å². The first-order valence-electron chi connectivity index (χ1n) is 44.4. The second-order valence-corrected chi connectivity index (χ2v) is 44.5. The average molecular weight is 2230 g/mol. The number of hydrogen-bond acceptors (Lipinski definition) is 30. The fourth-order valence-corrected chi connectivity index (χ4v) is 28.6. The number of amides is 1. The van der Waals surface area contributed by atoms with Crippen LogP contribution in [0.3, 0.4) is 0 Å². The van der Waals surface area contributed by atoms with Crippen molar-refractivity contribution in [1.82, 2.24) is 60.1 Å². The number of carboxylic acids is 1. The van der Waals surface area contributed by atoms with Crippen LogP contribution in [0.25, 0.3) is 34.4 Å². The normalized spacial score (nSPS) is 12.0. The number of halogens is 14. The number of nitrogens with two attached hydrogens (primary N) is 1. The Morgan fingerprint density at radius 1 is 0.493 bits per heavy atom. The van der Waals surface area contributed by atoms with E-state index < -0.39 is 137 Å². The van der Waals surface area contributed by atoms with Crippen LogP contribution in [0, 0.1) is 39.5 Å². The molecule has 1 aliphatic rings. The van der Waals surface area contributed by atoms with Crippen molar-refractivity contribution in [3.63, 3.8) is 0 Å². The van der Waals surface area contributed by atoms with Gasteiger partial charge in [0, 0.05) is 53.2 Å². The summed E-state index contributed by atoms with van der Waals surface area (Å²) in [4.78, 5) is 111. The van der Waals surface area contributed by atoms with Crippen LogP contribution in [0.4, 0.5) is 64.1 Å². The van der Waals surface area contributed by atoms with Gasteiger partial charge in [0.15, 0.2) is 51.7 Å². The Labute approximate surface area is 837 Å². The molecule has 49 heteroatoms. The fraction of sp³-hybridized carbons (Fsp3) is 0.379. The maximum Gasteiger partial charge on any atom is 0.416 e. The van der Waals surface area contributed by atoms with Gasteiger partial charge in [0.1, 0.15) is 23.0 Å². The molecular weight excluding hydrogens is 2120 g/mol. The van der Waals surface area contributed by atoms with E-state index in [1.54, 1.807) is 134 Å². The van der Waals surface area contributed by atoms with Crippen LogP contribution in [0.1, 0.15) is 205 Å². The Morgan fingerprint density at radius 2 is 0.875 bits per heavy atom. The van der Waals surface area contributed by atoms with Crippen LogP contribution in [0.5, 0.6) is 0 Å². The van der Waals surface area contributed by atoms with Crippen LogP contribution in [0.2, 0.25) is 13.3 Å². The molecule has 12 aromatic rings. The minimum absolute atomic E-state index is 0. The summed E-state index contributed by atoms with van der Waals surface area (Å²) in [7, 11) is 0. The number of carboxylic acid groups (broad SMARTS) is 1. The second kappa shape index (κ2) is 58.1. The van der Waals surface area contributed by atoms with Gasteiger partial charge in [-0.1, -0.05) is 56.1 Å². The molecule has 0 radical (unpaired) electrons. The number of pyridine rings is 4. The van der Waals surface area contributed by atoms with E-state index in [0.29, 0.717) is 86.6 Å². The first-order valence-corrected chi connectivity index (χ1v) is 52.7. The summed E-state index contributed by atoms with van der Waals surface area (Å²) < 4.78 is 207. The molecule has 1 amide bonds. The smallest absolute Gasteiger partial charge is 0.416 e. The number of carbonyl (C=O) groups excluding carboxylic acids is 7. The van der Waals surface area contributed by atoms with Gasteiger partial charge in [0.25, 0.3) is 5.91 Å². The third-order valence-electron chi connectivity index (χ3n) is 20.4. The second-order valence-electron chi connectivity index (χ2n) is 30.7. The largest absolute Gasteiger partial charge is 0.476 e. The van der Waals surface area contributed by atoms with Crippen molar-refractivity contribution in [1.29, 1.82) is 0 Å². The van der Waals surface area contributed by atoms with Crippen LogP contribution in [-0.4, -0.2) is 170 Å². The van der Waals surface area contributed by atoms with Crippen LogP contribution in [-0.2, 0) is 85.5 Å². The summed E-state index contributed by atoms with van der Waals surface area (Å²) in [5, 5.41) is 36.7. The van der Waals surface area contributed by atoms with Crippen LogP contribution >= 0.6 is 28.3 Å². The van der Waals surface area contributed by atoms with Crippen molar-refractivity contribution in [3.8, 4) is 34.4 Å². The van der Waals surface area contributed by atoms with Crippen molar-refractivity contribution >= 4 is 115 Å². The maximum atomic E-state index is 13.4. The number of alkyl halides is 12. The molecular formula is C95H107BrClF12N15O19Sn. The zero-order chi connectivity index (χ0) is 106. The molecule has 778 valence electrons. The summed E-state index contributed by atoms with van der Waals surface area (Å²) in [5.74, 6) is -5.08. The standard InChI is InChI=1S/C22H15F6N5O2.C12H9F6N3.C12H12N2O3.C10H8N2O3.C8H14O4.C7H8BrNO3.C7H9NO4.C5H4N.3C4H9.ClH.Sn/c1-12-18(32-35-19(12)17-4-2-3-7-29-17)20(34)31-15-9-30-33(11-15)10-13-5-6-14(21(23,24)25)8-16(13)22(26,27)28;13-11(14,15)8-2-1-7(10(3-8)12(16,17)18)5-21-6-9(19)4-20-21;1-3-16-12(15)10-8(2)11(17-14-10)9-6-4-5-7-13-9;1-6-8(10(13)14)12-15-9(6)7-4-2-3-5-11-7;1-4-11-7(9)6(3)8(10)12-5-2;1-3-11-7(10)5-4(2)6(8)12-9-5;1-3-11-7(10)5-4(2)6(9)12-8-5;1-2-4-6-5-3-1;3*1-3-4-2;;/h2-9,11H,10H2,1H3,(H,31,34);1-4,6H,5,19H2;4-7H,3H2,1-2H3;2-5H,1H3,(H,13,14);6H,4-5H2,1-3H3;3H2,1-2H3;4H,3H2,1-2H3;1-4H;3*1,3-4H2,2H3;1H;. The summed E-state index contributed by atoms with van der Waals surface area (Å²) in [6.45, 7) is 25.9. The van der Waals surface area contributed by atoms with Gasteiger partial charge in [-0.15, -0.1) is 12.4 Å². The molecule has 1 unspecified atom stereocenters. The number of oxime groups is 1. The Kier molecular flexibility index (Phi) is 48.7. The first-order chi connectivity index (χ1) is 67.7. The van der Waals surface area contributed by atoms with Crippen molar-refractivity contribution in [2.75, 3.05) is 44.1 Å². The summed E-state index contributed by atoms with van der Waals surface area (Å²) in [5.41, 5.74) is 3.79. The number of esters is 5. The summed E-state index contributed by atoms with van der Waals surface area (Å²) in [6.07, 6.45) is 0.385. The van der Waals surface area contributed by atoms with E-state index in [1.165, 1.54) is 83.5 Å². The number of nitrogens with zero attached hydrogens (tertiary/aromatic N) is 13. The number of anilines is 2. The Bertz CT molecular complexity index is 6110. The van der Waals surface area contributed by atoms with Crippen molar-refractivity contribution in [2.24, 2.45) is 17.0 Å². The predicted octanol–water partition coefficient (Wildman–Crippen LogP) is 21.4. The number of ether oxygens (including phenoxy) is 5.